The predicted molar refractivity (Wildman–Crippen MR) is 136 cm³/mol. The molecule has 9 nitrogen and oxygen atoms in total. The zero-order valence-electron chi connectivity index (χ0n) is 18.5. The van der Waals surface area contributed by atoms with Crippen LogP contribution in [0.4, 0.5) is 5.69 Å². The Bertz CT molecular complexity index is 1280. The van der Waals surface area contributed by atoms with Crippen LogP contribution in [-0.2, 0) is 14.8 Å². The SMILES string of the molecule is CN(c1cccc2cc(C3=NCC(CC(=O)N(CCO)CCO)S3)[nH]c12)S(=O)(=O)c1cccs1. The lowest BCUT2D eigenvalue weighted by molar-refractivity contribution is -0.132. The van der Waals surface area contributed by atoms with Gasteiger partial charge >= 0.3 is 0 Å². The first-order chi connectivity index (χ1) is 16.3. The maximum atomic E-state index is 13.0. The molecule has 0 saturated carbocycles. The topological polar surface area (TPSA) is 126 Å². The van der Waals surface area contributed by atoms with Gasteiger partial charge in [-0.15, -0.1) is 11.3 Å². The molecule has 1 aromatic carbocycles. The van der Waals surface area contributed by atoms with Gasteiger partial charge in [-0.2, -0.15) is 0 Å². The van der Waals surface area contributed by atoms with E-state index in [4.69, 9.17) is 10.2 Å². The third kappa shape index (κ3) is 5.01. The molecule has 1 atom stereocenters. The van der Waals surface area contributed by atoms with Crippen LogP contribution in [0.5, 0.6) is 0 Å². The van der Waals surface area contributed by atoms with Gasteiger partial charge in [0.15, 0.2) is 0 Å². The Balaban J connectivity index is 1.52. The highest BCUT2D eigenvalue weighted by molar-refractivity contribution is 8.15. The highest BCUT2D eigenvalue weighted by Crippen LogP contribution is 2.34. The molecule has 34 heavy (non-hydrogen) atoms. The molecule has 182 valence electrons. The molecule has 3 N–H and O–H groups in total. The second kappa shape index (κ2) is 10.5. The molecule has 3 aromatic rings. The van der Waals surface area contributed by atoms with Crippen molar-refractivity contribution in [1.82, 2.24) is 9.88 Å². The van der Waals surface area contributed by atoms with E-state index in [0.29, 0.717) is 17.7 Å². The lowest BCUT2D eigenvalue weighted by Crippen LogP contribution is -2.37. The van der Waals surface area contributed by atoms with Gasteiger partial charge in [0.25, 0.3) is 10.0 Å². The van der Waals surface area contributed by atoms with Crippen LogP contribution in [0.1, 0.15) is 12.1 Å². The molecule has 0 spiro atoms. The second-order valence-electron chi connectivity index (χ2n) is 7.75. The number of aromatic amines is 1. The van der Waals surface area contributed by atoms with Gasteiger partial charge in [-0.3, -0.25) is 14.1 Å². The number of fused-ring (bicyclic) bond motifs is 1. The van der Waals surface area contributed by atoms with Crippen LogP contribution in [0.2, 0.25) is 0 Å². The van der Waals surface area contributed by atoms with E-state index in [1.165, 1.54) is 32.3 Å². The number of amides is 1. The summed E-state index contributed by atoms with van der Waals surface area (Å²) in [6, 6.07) is 10.7. The highest BCUT2D eigenvalue weighted by atomic mass is 32.2. The van der Waals surface area contributed by atoms with E-state index in [9.17, 15) is 13.2 Å². The van der Waals surface area contributed by atoms with Gasteiger partial charge in [0.1, 0.15) is 9.25 Å². The Morgan fingerprint density at radius 3 is 2.65 bits per heavy atom. The summed E-state index contributed by atoms with van der Waals surface area (Å²) in [5, 5.41) is 21.6. The number of rotatable bonds is 10. The van der Waals surface area contributed by atoms with E-state index in [-0.39, 0.29) is 48.1 Å². The van der Waals surface area contributed by atoms with Crippen LogP contribution >= 0.6 is 23.1 Å². The smallest absolute Gasteiger partial charge is 0.273 e. The minimum Gasteiger partial charge on any atom is -0.395 e. The Hall–Kier alpha value is -2.38. The fraction of sp³-hybridized carbons (Fsp3) is 0.364. The summed E-state index contributed by atoms with van der Waals surface area (Å²) in [6.45, 7) is 0.555. The van der Waals surface area contributed by atoms with E-state index < -0.39 is 10.0 Å². The maximum absolute atomic E-state index is 13.0. The van der Waals surface area contributed by atoms with Crippen molar-refractivity contribution in [3.05, 3.63) is 47.5 Å². The van der Waals surface area contributed by atoms with E-state index in [1.54, 1.807) is 30.6 Å². The number of aliphatic hydroxyl groups excluding tert-OH is 2. The van der Waals surface area contributed by atoms with Gasteiger partial charge < -0.3 is 20.1 Å². The fourth-order valence-electron chi connectivity index (χ4n) is 3.79. The third-order valence-electron chi connectivity index (χ3n) is 5.53. The monoisotopic (exact) mass is 522 g/mol. The van der Waals surface area contributed by atoms with Crippen molar-refractivity contribution >= 4 is 60.7 Å². The van der Waals surface area contributed by atoms with Crippen molar-refractivity contribution < 1.29 is 23.4 Å². The molecule has 4 rings (SSSR count). The van der Waals surface area contributed by atoms with Gasteiger partial charge in [0, 0.05) is 37.2 Å². The number of nitrogens with one attached hydrogen (secondary N) is 1. The number of aliphatic imine (C=N–C) groups is 1. The minimum atomic E-state index is -3.67. The number of sulfonamides is 1. The van der Waals surface area contributed by atoms with E-state index in [1.807, 2.05) is 18.2 Å². The molecule has 0 bridgehead atoms. The summed E-state index contributed by atoms with van der Waals surface area (Å²) >= 11 is 2.67. The summed E-state index contributed by atoms with van der Waals surface area (Å²) in [5.74, 6) is -0.128. The van der Waals surface area contributed by atoms with Crippen molar-refractivity contribution in [2.45, 2.75) is 15.9 Å². The molecule has 0 fully saturated rings. The van der Waals surface area contributed by atoms with Crippen molar-refractivity contribution in [3.63, 3.8) is 0 Å². The first-order valence-electron chi connectivity index (χ1n) is 10.7. The maximum Gasteiger partial charge on any atom is 0.273 e. The first kappa shape index (κ1) is 24.7. The summed E-state index contributed by atoms with van der Waals surface area (Å²) in [5.41, 5.74) is 2.00. The van der Waals surface area contributed by atoms with Crippen LogP contribution < -0.4 is 4.31 Å². The average molecular weight is 523 g/mol. The number of nitrogens with zero attached hydrogens (tertiary/aromatic N) is 3. The molecule has 1 amide bonds. The van der Waals surface area contributed by atoms with Crippen LogP contribution in [0.3, 0.4) is 0 Å². The summed E-state index contributed by atoms with van der Waals surface area (Å²) < 4.78 is 27.6. The molecule has 1 aliphatic rings. The van der Waals surface area contributed by atoms with Crippen LogP contribution in [0.15, 0.2) is 51.0 Å². The number of thiophene rings is 1. The Labute approximate surface area is 206 Å². The van der Waals surface area contributed by atoms with Crippen molar-refractivity contribution in [1.29, 1.82) is 0 Å². The molecule has 2 aromatic heterocycles. The van der Waals surface area contributed by atoms with Crippen LogP contribution in [0.25, 0.3) is 10.9 Å². The molecule has 1 aliphatic heterocycles. The van der Waals surface area contributed by atoms with Gasteiger partial charge in [-0.25, -0.2) is 8.42 Å². The zero-order valence-corrected chi connectivity index (χ0v) is 21.0. The largest absolute Gasteiger partial charge is 0.395 e. The van der Waals surface area contributed by atoms with E-state index in [0.717, 1.165) is 16.1 Å². The zero-order chi connectivity index (χ0) is 24.3. The number of anilines is 1. The molecule has 3 heterocycles. The van der Waals surface area contributed by atoms with Crippen molar-refractivity contribution in [3.8, 4) is 0 Å². The predicted octanol–water partition coefficient (Wildman–Crippen LogP) is 2.12. The molecular formula is C22H26N4O5S3. The number of aromatic nitrogens is 1. The molecule has 0 aliphatic carbocycles. The quantitative estimate of drug-likeness (QED) is 0.374. The lowest BCUT2D eigenvalue weighted by Gasteiger charge is -2.21. The summed E-state index contributed by atoms with van der Waals surface area (Å²) in [7, 11) is -2.13. The van der Waals surface area contributed by atoms with Crippen LogP contribution in [0, 0.1) is 0 Å². The number of H-pyrrole nitrogens is 1. The lowest BCUT2D eigenvalue weighted by atomic mass is 10.2. The minimum absolute atomic E-state index is 0.0462. The van der Waals surface area contributed by atoms with Crippen molar-refractivity contribution in [2.75, 3.05) is 44.2 Å². The molecule has 0 radical (unpaired) electrons. The highest BCUT2D eigenvalue weighted by Gasteiger charge is 2.28. The number of hydrogen-bond acceptors (Lipinski definition) is 8. The normalized spacial score (nSPS) is 16.1. The molecular weight excluding hydrogens is 496 g/mol. The van der Waals surface area contributed by atoms with E-state index >= 15 is 0 Å². The number of aliphatic hydroxyl groups is 2. The third-order valence-corrected chi connectivity index (χ3v) is 9.89. The Morgan fingerprint density at radius 2 is 1.97 bits per heavy atom. The number of benzene rings is 1. The summed E-state index contributed by atoms with van der Waals surface area (Å²) in [6.07, 6.45) is 0.255. The average Bonchev–Trinajstić information content (AvgIpc) is 3.58. The Kier molecular flexibility index (Phi) is 7.63. The molecule has 12 heteroatoms. The molecule has 0 saturated heterocycles. The van der Waals surface area contributed by atoms with Gasteiger partial charge in [0.05, 0.1) is 36.7 Å². The van der Waals surface area contributed by atoms with Crippen molar-refractivity contribution in [2.24, 2.45) is 4.99 Å². The number of carbonyl (C=O) groups is 1. The number of hydrogen-bond donors (Lipinski definition) is 3. The Morgan fingerprint density at radius 1 is 1.21 bits per heavy atom. The van der Waals surface area contributed by atoms with E-state index in [2.05, 4.69) is 9.98 Å². The van der Waals surface area contributed by atoms with Gasteiger partial charge in [-0.1, -0.05) is 30.0 Å². The standard InChI is InChI=1S/C22H26N4O5S3/c1-25(34(30,31)20-6-3-11-32-20)18-5-2-4-15-12-17(24-21(15)18)22-23-14-16(33-22)13-19(29)26(7-9-27)8-10-28/h2-6,11-12,16,24,27-28H,7-10,13-14H2,1H3. The number of carbonyl (C=O) groups excluding carboxylic acids is 1. The van der Waals surface area contributed by atoms with Crippen LogP contribution in [-0.4, -0.2) is 84.6 Å². The summed E-state index contributed by atoms with van der Waals surface area (Å²) in [4.78, 5) is 21.9. The number of para-hydroxylation sites is 1. The first-order valence-corrected chi connectivity index (χ1v) is 13.9. The van der Waals surface area contributed by atoms with Gasteiger partial charge in [0.2, 0.25) is 5.91 Å². The number of thioether (sulfide) groups is 1. The molecule has 1 unspecified atom stereocenters. The van der Waals surface area contributed by atoms with Gasteiger partial charge in [-0.05, 0) is 23.6 Å². The fourth-order valence-corrected chi connectivity index (χ4v) is 7.24. The second-order valence-corrected chi connectivity index (χ2v) is 12.2.